The summed E-state index contributed by atoms with van der Waals surface area (Å²) in [5.74, 6) is 2.11. The maximum atomic E-state index is 13.3. The van der Waals surface area contributed by atoms with Crippen LogP contribution in [0.1, 0.15) is 24.0 Å². The third-order valence-electron chi connectivity index (χ3n) is 6.91. The molecule has 2 fully saturated rings. The Morgan fingerprint density at radius 1 is 1.12 bits per heavy atom. The van der Waals surface area contributed by atoms with Crippen LogP contribution in [0.4, 0.5) is 0 Å². The summed E-state index contributed by atoms with van der Waals surface area (Å²) in [6.45, 7) is 4.11. The number of carbonyl (C=O) groups is 1. The van der Waals surface area contributed by atoms with E-state index in [0.717, 1.165) is 55.1 Å². The van der Waals surface area contributed by atoms with Gasteiger partial charge >= 0.3 is 0 Å². The van der Waals surface area contributed by atoms with Gasteiger partial charge < -0.3 is 14.4 Å². The molecule has 4 rings (SSSR count). The van der Waals surface area contributed by atoms with E-state index >= 15 is 0 Å². The fourth-order valence-electron chi connectivity index (χ4n) is 5.27. The third kappa shape index (κ3) is 5.49. The molecular formula is C26H36N4O3. The summed E-state index contributed by atoms with van der Waals surface area (Å²) in [5.41, 5.74) is 8.98. The van der Waals surface area contributed by atoms with Crippen LogP contribution in [0.3, 0.4) is 0 Å². The number of ether oxygens (including phenoxy) is 2. The van der Waals surface area contributed by atoms with Crippen LogP contribution in [0, 0.1) is 11.8 Å². The van der Waals surface area contributed by atoms with E-state index in [1.54, 1.807) is 14.2 Å². The number of hydrazine groups is 1. The van der Waals surface area contributed by atoms with Crippen LogP contribution < -0.4 is 20.3 Å². The average molecular weight is 453 g/mol. The van der Waals surface area contributed by atoms with Crippen molar-refractivity contribution in [3.05, 3.63) is 59.7 Å². The van der Waals surface area contributed by atoms with Crippen LogP contribution in [-0.4, -0.2) is 62.7 Å². The molecule has 0 aromatic heterocycles. The minimum atomic E-state index is -0.0602. The van der Waals surface area contributed by atoms with E-state index < -0.39 is 0 Å². The van der Waals surface area contributed by atoms with Gasteiger partial charge in [-0.2, -0.15) is 0 Å². The van der Waals surface area contributed by atoms with Crippen molar-refractivity contribution in [3.63, 3.8) is 0 Å². The number of para-hydroxylation sites is 1. The predicted molar refractivity (Wildman–Crippen MR) is 129 cm³/mol. The molecule has 7 nitrogen and oxygen atoms in total. The van der Waals surface area contributed by atoms with Gasteiger partial charge in [0.15, 0.2) is 11.5 Å². The van der Waals surface area contributed by atoms with Crippen LogP contribution >= 0.6 is 0 Å². The van der Waals surface area contributed by atoms with Gasteiger partial charge in [-0.3, -0.25) is 20.5 Å². The summed E-state index contributed by atoms with van der Waals surface area (Å²) in [6, 6.07) is 16.3. The number of methoxy groups -OCH3 is 2. The Kier molecular flexibility index (Phi) is 7.85. The molecule has 2 aliphatic heterocycles. The third-order valence-corrected chi connectivity index (χ3v) is 6.91. The van der Waals surface area contributed by atoms with Crippen molar-refractivity contribution in [2.75, 3.05) is 40.9 Å². The first kappa shape index (κ1) is 23.5. The number of hydrogen-bond acceptors (Lipinski definition) is 6. The van der Waals surface area contributed by atoms with Crippen LogP contribution in [-0.2, 0) is 17.9 Å². The van der Waals surface area contributed by atoms with E-state index in [1.165, 1.54) is 0 Å². The first-order valence-electron chi connectivity index (χ1n) is 11.8. The molecule has 0 spiro atoms. The van der Waals surface area contributed by atoms with Gasteiger partial charge in [0.2, 0.25) is 5.91 Å². The standard InChI is InChI=1S/C26H36N4O3/c1-29(16-19-9-5-4-6-10-19)26(31)22-15-27-28-24(22)20-12-8-14-30(17-20)18-21-11-7-13-23(32-2)25(21)33-3/h4-7,9-11,13,20,22,24,27-28H,8,12,14-18H2,1-3H3. The minimum absolute atomic E-state index is 0.0602. The molecular weight excluding hydrogens is 416 g/mol. The molecule has 0 saturated carbocycles. The predicted octanol–water partition coefficient (Wildman–Crippen LogP) is 2.67. The summed E-state index contributed by atoms with van der Waals surface area (Å²) in [7, 11) is 5.27. The molecule has 7 heteroatoms. The van der Waals surface area contributed by atoms with Gasteiger partial charge in [-0.25, -0.2) is 0 Å². The number of benzene rings is 2. The van der Waals surface area contributed by atoms with E-state index in [-0.39, 0.29) is 17.9 Å². The van der Waals surface area contributed by atoms with Gasteiger partial charge in [-0.05, 0) is 36.9 Å². The minimum Gasteiger partial charge on any atom is -0.493 e. The summed E-state index contributed by atoms with van der Waals surface area (Å²) in [5, 5.41) is 0. The molecule has 2 N–H and O–H groups in total. The van der Waals surface area contributed by atoms with Gasteiger partial charge in [-0.1, -0.05) is 42.5 Å². The molecule has 2 aliphatic rings. The van der Waals surface area contributed by atoms with E-state index in [2.05, 4.69) is 34.0 Å². The van der Waals surface area contributed by atoms with E-state index in [9.17, 15) is 4.79 Å². The molecule has 178 valence electrons. The zero-order chi connectivity index (χ0) is 23.2. The smallest absolute Gasteiger partial charge is 0.228 e. The van der Waals surface area contributed by atoms with Crippen LogP contribution in [0.2, 0.25) is 0 Å². The lowest BCUT2D eigenvalue weighted by Gasteiger charge is -2.37. The first-order valence-corrected chi connectivity index (χ1v) is 11.8. The van der Waals surface area contributed by atoms with E-state index in [4.69, 9.17) is 9.47 Å². The van der Waals surface area contributed by atoms with Gasteiger partial charge in [0.1, 0.15) is 0 Å². The fraction of sp³-hybridized carbons (Fsp3) is 0.500. The van der Waals surface area contributed by atoms with Gasteiger partial charge in [0.25, 0.3) is 0 Å². The summed E-state index contributed by atoms with van der Waals surface area (Å²) >= 11 is 0. The number of nitrogens with zero attached hydrogens (tertiary/aromatic N) is 2. The van der Waals surface area contributed by atoms with Crippen molar-refractivity contribution in [2.45, 2.75) is 32.0 Å². The second-order valence-corrected chi connectivity index (χ2v) is 9.13. The second kappa shape index (κ2) is 11.0. The highest BCUT2D eigenvalue weighted by Gasteiger charge is 2.40. The second-order valence-electron chi connectivity index (χ2n) is 9.13. The summed E-state index contributed by atoms with van der Waals surface area (Å²) in [4.78, 5) is 17.7. The van der Waals surface area contributed by atoms with Crippen LogP contribution in [0.15, 0.2) is 48.5 Å². The molecule has 0 aliphatic carbocycles. The fourth-order valence-corrected chi connectivity index (χ4v) is 5.27. The SMILES string of the molecule is COc1cccc(CN2CCCC(C3NNCC3C(=O)N(C)Cc3ccccc3)C2)c1OC. The van der Waals surface area contributed by atoms with Crippen molar-refractivity contribution < 1.29 is 14.3 Å². The molecule has 2 heterocycles. The highest BCUT2D eigenvalue weighted by atomic mass is 16.5. The number of amides is 1. The number of carbonyl (C=O) groups excluding carboxylic acids is 1. The van der Waals surface area contributed by atoms with Crippen molar-refractivity contribution in [1.82, 2.24) is 20.7 Å². The van der Waals surface area contributed by atoms with Gasteiger partial charge in [0.05, 0.1) is 20.1 Å². The highest BCUT2D eigenvalue weighted by Crippen LogP contribution is 2.33. The van der Waals surface area contributed by atoms with E-state index in [0.29, 0.717) is 19.0 Å². The molecule has 1 amide bonds. The molecule has 33 heavy (non-hydrogen) atoms. The maximum absolute atomic E-state index is 13.3. The highest BCUT2D eigenvalue weighted by molar-refractivity contribution is 5.80. The van der Waals surface area contributed by atoms with Crippen LogP contribution in [0.25, 0.3) is 0 Å². The van der Waals surface area contributed by atoms with Crippen molar-refractivity contribution in [2.24, 2.45) is 11.8 Å². The Balaban J connectivity index is 1.40. The zero-order valence-corrected chi connectivity index (χ0v) is 19.9. The molecule has 2 aromatic carbocycles. The molecule has 2 aromatic rings. The average Bonchev–Trinajstić information content (AvgIpc) is 3.34. The van der Waals surface area contributed by atoms with E-state index in [1.807, 2.05) is 42.3 Å². The summed E-state index contributed by atoms with van der Waals surface area (Å²) in [6.07, 6.45) is 2.24. The zero-order valence-electron chi connectivity index (χ0n) is 19.9. The molecule has 3 unspecified atom stereocenters. The Morgan fingerprint density at radius 2 is 1.94 bits per heavy atom. The lowest BCUT2D eigenvalue weighted by atomic mass is 9.83. The lowest BCUT2D eigenvalue weighted by molar-refractivity contribution is -0.135. The normalized spacial score (nSPS) is 23.3. The maximum Gasteiger partial charge on any atom is 0.228 e. The van der Waals surface area contributed by atoms with Gasteiger partial charge in [-0.15, -0.1) is 0 Å². The van der Waals surface area contributed by atoms with Crippen molar-refractivity contribution in [3.8, 4) is 11.5 Å². The lowest BCUT2D eigenvalue weighted by Crippen LogP contribution is -2.49. The van der Waals surface area contributed by atoms with Crippen LogP contribution in [0.5, 0.6) is 11.5 Å². The Bertz CT molecular complexity index is 923. The Labute approximate surface area is 197 Å². The number of nitrogens with one attached hydrogen (secondary N) is 2. The van der Waals surface area contributed by atoms with Crippen molar-refractivity contribution in [1.29, 1.82) is 0 Å². The van der Waals surface area contributed by atoms with Gasteiger partial charge in [0, 0.05) is 44.8 Å². The molecule has 0 radical (unpaired) electrons. The van der Waals surface area contributed by atoms with Crippen molar-refractivity contribution >= 4 is 5.91 Å². The summed E-state index contributed by atoms with van der Waals surface area (Å²) < 4.78 is 11.1. The Morgan fingerprint density at radius 3 is 2.70 bits per heavy atom. The topological polar surface area (TPSA) is 66.1 Å². The molecule has 2 saturated heterocycles. The Hall–Kier alpha value is -2.61. The largest absolute Gasteiger partial charge is 0.493 e. The number of rotatable bonds is 8. The quantitative estimate of drug-likeness (QED) is 0.642. The number of hydrogen-bond donors (Lipinski definition) is 2. The monoisotopic (exact) mass is 452 g/mol. The first-order chi connectivity index (χ1) is 16.1. The number of likely N-dealkylation sites (tertiary alicyclic amines) is 1. The molecule has 3 atom stereocenters. The molecule has 0 bridgehead atoms. The number of piperidine rings is 1.